The van der Waals surface area contributed by atoms with Crippen LogP contribution in [0.1, 0.15) is 41.5 Å². The van der Waals surface area contributed by atoms with Crippen molar-refractivity contribution in [2.75, 3.05) is 6.61 Å². The Morgan fingerprint density at radius 2 is 1.96 bits per heavy atom. The van der Waals surface area contributed by atoms with Gasteiger partial charge in [0.15, 0.2) is 0 Å². The zero-order valence-corrected chi connectivity index (χ0v) is 13.8. The highest BCUT2D eigenvalue weighted by Gasteiger charge is 2.12. The molecule has 1 N–H and O–H groups in total. The molecule has 0 fully saturated rings. The topological polar surface area (TPSA) is 51.2 Å². The van der Waals surface area contributed by atoms with Crippen molar-refractivity contribution in [2.24, 2.45) is 0 Å². The molecule has 23 heavy (non-hydrogen) atoms. The summed E-state index contributed by atoms with van der Waals surface area (Å²) in [6.45, 7) is 10.1. The van der Waals surface area contributed by atoms with Gasteiger partial charge in [-0.05, 0) is 62.2 Å². The van der Waals surface area contributed by atoms with Gasteiger partial charge in [-0.2, -0.15) is 0 Å². The summed E-state index contributed by atoms with van der Waals surface area (Å²) in [6, 6.07) is 10.8. The number of carbonyl (C=O) groups excluding carboxylic acids is 1. The molecule has 0 aliphatic rings. The highest BCUT2D eigenvalue weighted by molar-refractivity contribution is 5.94. The Labute approximate surface area is 137 Å². The summed E-state index contributed by atoms with van der Waals surface area (Å²) in [5, 5.41) is 2.95. The lowest BCUT2D eigenvalue weighted by atomic mass is 10.1. The van der Waals surface area contributed by atoms with Crippen LogP contribution in [-0.4, -0.2) is 17.5 Å². The monoisotopic (exact) mass is 310 g/mol. The molecule has 1 atom stereocenters. The van der Waals surface area contributed by atoms with Crippen molar-refractivity contribution >= 4 is 5.91 Å². The largest absolute Gasteiger partial charge is 0.489 e. The summed E-state index contributed by atoms with van der Waals surface area (Å²) >= 11 is 0. The quantitative estimate of drug-likeness (QED) is 0.825. The van der Waals surface area contributed by atoms with Crippen molar-refractivity contribution in [3.63, 3.8) is 0 Å². The van der Waals surface area contributed by atoms with E-state index in [0.29, 0.717) is 12.2 Å². The molecule has 0 aliphatic carbocycles. The van der Waals surface area contributed by atoms with E-state index in [1.165, 1.54) is 0 Å². The molecule has 0 unspecified atom stereocenters. The van der Waals surface area contributed by atoms with Gasteiger partial charge in [-0.25, -0.2) is 0 Å². The molecule has 2 aromatic rings. The number of rotatable bonds is 6. The molecule has 0 radical (unpaired) electrons. The van der Waals surface area contributed by atoms with Gasteiger partial charge in [-0.15, -0.1) is 0 Å². The number of hydrogen-bond acceptors (Lipinski definition) is 3. The fraction of sp³-hybridized carbons (Fsp3) is 0.263. The molecule has 1 heterocycles. The Bertz CT molecular complexity index is 676. The number of benzene rings is 1. The molecule has 0 bridgehead atoms. The first-order chi connectivity index (χ1) is 11.0. The smallest absolute Gasteiger partial charge is 0.251 e. The van der Waals surface area contributed by atoms with Gasteiger partial charge in [-0.3, -0.25) is 9.78 Å². The van der Waals surface area contributed by atoms with Gasteiger partial charge in [0.2, 0.25) is 0 Å². The van der Waals surface area contributed by atoms with Crippen molar-refractivity contribution in [1.82, 2.24) is 10.3 Å². The summed E-state index contributed by atoms with van der Waals surface area (Å²) in [4.78, 5) is 16.6. The third-order valence-corrected chi connectivity index (χ3v) is 3.33. The first-order valence-electron chi connectivity index (χ1n) is 7.56. The molecule has 1 aromatic carbocycles. The number of hydrogen-bond donors (Lipinski definition) is 1. The Balaban J connectivity index is 1.97. The van der Waals surface area contributed by atoms with Crippen LogP contribution >= 0.6 is 0 Å². The second-order valence-electron chi connectivity index (χ2n) is 5.73. The molecule has 0 spiro atoms. The number of ether oxygens (including phenoxy) is 1. The maximum absolute atomic E-state index is 12.3. The van der Waals surface area contributed by atoms with Crippen molar-refractivity contribution in [3.05, 3.63) is 71.6 Å². The van der Waals surface area contributed by atoms with Gasteiger partial charge < -0.3 is 10.1 Å². The highest BCUT2D eigenvalue weighted by atomic mass is 16.5. The average Bonchev–Trinajstić information content (AvgIpc) is 2.54. The van der Waals surface area contributed by atoms with Gasteiger partial charge in [-0.1, -0.05) is 12.6 Å². The van der Waals surface area contributed by atoms with E-state index in [9.17, 15) is 4.79 Å². The maximum Gasteiger partial charge on any atom is 0.251 e. The van der Waals surface area contributed by atoms with E-state index in [2.05, 4.69) is 16.9 Å². The number of amides is 1. The molecule has 2 rings (SSSR count). The molecular formula is C19H22N2O2. The average molecular weight is 310 g/mol. The zero-order chi connectivity index (χ0) is 16.8. The molecule has 1 amide bonds. The third kappa shape index (κ3) is 4.95. The standard InChI is InChI=1S/C19H22N2O2/c1-13(2)12-23-17-8-6-16(7-9-17)19(22)21-15(4)18-10-5-14(3)11-20-18/h5-11,15H,1,12H2,2-4H3,(H,21,22)/t15-/m0/s1. The maximum atomic E-state index is 12.3. The van der Waals surface area contributed by atoms with E-state index in [-0.39, 0.29) is 11.9 Å². The van der Waals surface area contributed by atoms with Gasteiger partial charge in [0.05, 0.1) is 11.7 Å². The summed E-state index contributed by atoms with van der Waals surface area (Å²) in [5.74, 6) is 0.587. The lowest BCUT2D eigenvalue weighted by Crippen LogP contribution is -2.27. The van der Waals surface area contributed by atoms with Crippen LogP contribution in [-0.2, 0) is 0 Å². The predicted molar refractivity (Wildman–Crippen MR) is 91.6 cm³/mol. The zero-order valence-electron chi connectivity index (χ0n) is 13.8. The van der Waals surface area contributed by atoms with E-state index in [0.717, 1.165) is 22.6 Å². The molecule has 0 saturated heterocycles. The lowest BCUT2D eigenvalue weighted by Gasteiger charge is -2.14. The number of nitrogens with zero attached hydrogens (tertiary/aromatic N) is 1. The molecule has 120 valence electrons. The summed E-state index contributed by atoms with van der Waals surface area (Å²) in [6.07, 6.45) is 1.80. The number of nitrogens with one attached hydrogen (secondary N) is 1. The van der Waals surface area contributed by atoms with E-state index in [1.807, 2.05) is 32.9 Å². The summed E-state index contributed by atoms with van der Waals surface area (Å²) in [5.41, 5.74) is 3.47. The second-order valence-corrected chi connectivity index (χ2v) is 5.73. The number of aryl methyl sites for hydroxylation is 1. The van der Waals surface area contributed by atoms with Crippen LogP contribution in [0.2, 0.25) is 0 Å². The normalized spacial score (nSPS) is 11.6. The number of pyridine rings is 1. The van der Waals surface area contributed by atoms with E-state index in [1.54, 1.807) is 30.5 Å². The van der Waals surface area contributed by atoms with Crippen LogP contribution in [0.15, 0.2) is 54.7 Å². The molecule has 0 saturated carbocycles. The van der Waals surface area contributed by atoms with Crippen LogP contribution in [0.4, 0.5) is 0 Å². The van der Waals surface area contributed by atoms with Gasteiger partial charge in [0, 0.05) is 11.8 Å². The minimum atomic E-state index is -0.151. The molecule has 4 nitrogen and oxygen atoms in total. The third-order valence-electron chi connectivity index (χ3n) is 3.33. The molecular weight excluding hydrogens is 288 g/mol. The van der Waals surface area contributed by atoms with Crippen LogP contribution in [0.3, 0.4) is 0 Å². The van der Waals surface area contributed by atoms with E-state index in [4.69, 9.17) is 4.74 Å². The Morgan fingerprint density at radius 3 is 2.52 bits per heavy atom. The SMILES string of the molecule is C=C(C)COc1ccc(C(=O)N[C@@H](C)c2ccc(C)cn2)cc1. The fourth-order valence-electron chi connectivity index (χ4n) is 2.00. The van der Waals surface area contributed by atoms with E-state index >= 15 is 0 Å². The second kappa shape index (κ2) is 7.58. The Hall–Kier alpha value is -2.62. The van der Waals surface area contributed by atoms with Crippen LogP contribution in [0.25, 0.3) is 0 Å². The van der Waals surface area contributed by atoms with Crippen molar-refractivity contribution < 1.29 is 9.53 Å². The van der Waals surface area contributed by atoms with Crippen molar-refractivity contribution in [2.45, 2.75) is 26.8 Å². The highest BCUT2D eigenvalue weighted by Crippen LogP contribution is 2.15. The molecule has 1 aromatic heterocycles. The summed E-state index contributed by atoms with van der Waals surface area (Å²) < 4.78 is 5.52. The van der Waals surface area contributed by atoms with Crippen LogP contribution in [0, 0.1) is 6.92 Å². The molecule has 0 aliphatic heterocycles. The first-order valence-corrected chi connectivity index (χ1v) is 7.56. The van der Waals surface area contributed by atoms with Gasteiger partial charge in [0.1, 0.15) is 12.4 Å². The van der Waals surface area contributed by atoms with Gasteiger partial charge >= 0.3 is 0 Å². The lowest BCUT2D eigenvalue weighted by molar-refractivity contribution is 0.0939. The summed E-state index contributed by atoms with van der Waals surface area (Å²) in [7, 11) is 0. The van der Waals surface area contributed by atoms with Gasteiger partial charge in [0.25, 0.3) is 5.91 Å². The van der Waals surface area contributed by atoms with Crippen LogP contribution in [0.5, 0.6) is 5.75 Å². The predicted octanol–water partition coefficient (Wildman–Crippen LogP) is 3.84. The van der Waals surface area contributed by atoms with Crippen LogP contribution < -0.4 is 10.1 Å². The molecule has 4 heteroatoms. The van der Waals surface area contributed by atoms with E-state index < -0.39 is 0 Å². The van der Waals surface area contributed by atoms with Crippen molar-refractivity contribution in [1.29, 1.82) is 0 Å². The Morgan fingerprint density at radius 1 is 1.26 bits per heavy atom. The van der Waals surface area contributed by atoms with Crippen molar-refractivity contribution in [3.8, 4) is 5.75 Å². The number of aromatic nitrogens is 1. The Kier molecular flexibility index (Phi) is 5.52. The number of carbonyl (C=O) groups is 1. The minimum absolute atomic E-state index is 0.133. The fourth-order valence-corrected chi connectivity index (χ4v) is 2.00. The minimum Gasteiger partial charge on any atom is -0.489 e. The first kappa shape index (κ1) is 16.7.